The molecule has 1 aliphatic carbocycles. The highest BCUT2D eigenvalue weighted by atomic mass is 16.5. The van der Waals surface area contributed by atoms with E-state index >= 15 is 0 Å². The Labute approximate surface area is 128 Å². The van der Waals surface area contributed by atoms with Gasteiger partial charge in [-0.1, -0.05) is 31.9 Å². The number of methoxy groups -OCH3 is 1. The van der Waals surface area contributed by atoms with E-state index in [1.54, 1.807) is 7.11 Å². The third kappa shape index (κ3) is 5.01. The molecule has 0 aromatic heterocycles. The van der Waals surface area contributed by atoms with Crippen LogP contribution in [0.25, 0.3) is 0 Å². The van der Waals surface area contributed by atoms with Crippen LogP contribution in [0.5, 0.6) is 5.75 Å². The third-order valence-electron chi connectivity index (χ3n) is 4.62. The van der Waals surface area contributed by atoms with E-state index in [0.717, 1.165) is 17.2 Å². The largest absolute Gasteiger partial charge is 0.497 e. The Morgan fingerprint density at radius 3 is 2.71 bits per heavy atom. The van der Waals surface area contributed by atoms with Crippen LogP contribution in [-0.4, -0.2) is 24.8 Å². The molecular formula is C18H29NO2. The molecule has 21 heavy (non-hydrogen) atoms. The molecule has 1 aromatic rings. The van der Waals surface area contributed by atoms with E-state index in [0.29, 0.717) is 12.6 Å². The molecule has 1 aromatic carbocycles. The van der Waals surface area contributed by atoms with Crippen LogP contribution in [0, 0.1) is 5.92 Å². The fraction of sp³-hybridized carbons (Fsp3) is 0.667. The molecule has 0 radical (unpaired) electrons. The topological polar surface area (TPSA) is 41.5 Å². The molecule has 0 heterocycles. The lowest BCUT2D eigenvalue weighted by Gasteiger charge is -2.29. The average Bonchev–Trinajstić information content (AvgIpc) is 2.54. The molecular weight excluding hydrogens is 262 g/mol. The predicted molar refractivity (Wildman–Crippen MR) is 86.6 cm³/mol. The van der Waals surface area contributed by atoms with Crippen LogP contribution in [-0.2, 0) is 0 Å². The molecule has 3 heteroatoms. The van der Waals surface area contributed by atoms with Crippen molar-refractivity contribution >= 4 is 0 Å². The predicted octanol–water partition coefficient (Wildman–Crippen LogP) is 3.68. The SMILES string of the molecule is CCCC1CCC(NCC(O)c2cccc(OC)c2)CC1. The van der Waals surface area contributed by atoms with E-state index in [4.69, 9.17) is 4.74 Å². The maximum Gasteiger partial charge on any atom is 0.119 e. The Morgan fingerprint density at radius 1 is 1.29 bits per heavy atom. The third-order valence-corrected chi connectivity index (χ3v) is 4.62. The Balaban J connectivity index is 1.75. The number of aliphatic hydroxyl groups is 1. The van der Waals surface area contributed by atoms with Crippen molar-refractivity contribution < 1.29 is 9.84 Å². The smallest absolute Gasteiger partial charge is 0.119 e. The first-order valence-electron chi connectivity index (χ1n) is 8.28. The Kier molecular flexibility index (Phi) is 6.52. The summed E-state index contributed by atoms with van der Waals surface area (Å²) >= 11 is 0. The minimum atomic E-state index is -0.464. The second-order valence-electron chi connectivity index (χ2n) is 6.21. The minimum absolute atomic E-state index is 0.464. The molecule has 2 N–H and O–H groups in total. The summed E-state index contributed by atoms with van der Waals surface area (Å²) in [5.41, 5.74) is 0.918. The van der Waals surface area contributed by atoms with Crippen LogP contribution in [0.3, 0.4) is 0 Å². The van der Waals surface area contributed by atoms with Gasteiger partial charge < -0.3 is 15.2 Å². The van der Waals surface area contributed by atoms with E-state index < -0.39 is 6.10 Å². The van der Waals surface area contributed by atoms with Crippen molar-refractivity contribution in [2.75, 3.05) is 13.7 Å². The van der Waals surface area contributed by atoms with Gasteiger partial charge in [-0.2, -0.15) is 0 Å². The van der Waals surface area contributed by atoms with E-state index in [1.165, 1.54) is 38.5 Å². The van der Waals surface area contributed by atoms with Crippen LogP contribution < -0.4 is 10.1 Å². The van der Waals surface area contributed by atoms with Gasteiger partial charge in [0.2, 0.25) is 0 Å². The van der Waals surface area contributed by atoms with E-state index in [2.05, 4.69) is 12.2 Å². The van der Waals surface area contributed by atoms with Crippen molar-refractivity contribution in [3.63, 3.8) is 0 Å². The lowest BCUT2D eigenvalue weighted by atomic mass is 9.83. The summed E-state index contributed by atoms with van der Waals surface area (Å²) in [7, 11) is 1.65. The van der Waals surface area contributed by atoms with Gasteiger partial charge in [-0.15, -0.1) is 0 Å². The summed E-state index contributed by atoms with van der Waals surface area (Å²) < 4.78 is 5.20. The van der Waals surface area contributed by atoms with Crippen LogP contribution >= 0.6 is 0 Å². The Bertz CT molecular complexity index is 413. The van der Waals surface area contributed by atoms with Gasteiger partial charge >= 0.3 is 0 Å². The van der Waals surface area contributed by atoms with Gasteiger partial charge in [-0.3, -0.25) is 0 Å². The Morgan fingerprint density at radius 2 is 2.05 bits per heavy atom. The number of nitrogens with one attached hydrogen (secondary N) is 1. The zero-order valence-electron chi connectivity index (χ0n) is 13.3. The highest BCUT2D eigenvalue weighted by molar-refractivity contribution is 5.29. The van der Waals surface area contributed by atoms with Crippen molar-refractivity contribution in [1.29, 1.82) is 0 Å². The van der Waals surface area contributed by atoms with Crippen LogP contribution in [0.4, 0.5) is 0 Å². The number of hydrogen-bond donors (Lipinski definition) is 2. The molecule has 0 spiro atoms. The maximum atomic E-state index is 10.3. The number of benzene rings is 1. The van der Waals surface area contributed by atoms with Gasteiger partial charge in [0, 0.05) is 12.6 Å². The molecule has 0 amide bonds. The molecule has 1 aliphatic rings. The normalized spacial score (nSPS) is 23.8. The van der Waals surface area contributed by atoms with Crippen LogP contribution in [0.2, 0.25) is 0 Å². The zero-order valence-corrected chi connectivity index (χ0v) is 13.3. The van der Waals surface area contributed by atoms with Crippen molar-refractivity contribution in [1.82, 2.24) is 5.32 Å². The van der Waals surface area contributed by atoms with Crippen LogP contribution in [0.1, 0.15) is 57.1 Å². The highest BCUT2D eigenvalue weighted by Crippen LogP contribution is 2.28. The Hall–Kier alpha value is -1.06. The lowest BCUT2D eigenvalue weighted by Crippen LogP contribution is -2.35. The van der Waals surface area contributed by atoms with Crippen molar-refractivity contribution in [3.05, 3.63) is 29.8 Å². The standard InChI is InChI=1S/C18H29NO2/c1-3-5-14-8-10-16(11-9-14)19-13-18(20)15-6-4-7-17(12-15)21-2/h4,6-7,12,14,16,18-20H,3,5,8-11,13H2,1-2H3. The van der Waals surface area contributed by atoms with Gasteiger partial charge in [0.05, 0.1) is 13.2 Å². The maximum absolute atomic E-state index is 10.3. The van der Waals surface area contributed by atoms with Gasteiger partial charge in [0.15, 0.2) is 0 Å². The molecule has 0 saturated heterocycles. The second kappa shape index (κ2) is 8.40. The first kappa shape index (κ1) is 16.3. The molecule has 0 bridgehead atoms. The van der Waals surface area contributed by atoms with Crippen molar-refractivity contribution in [2.24, 2.45) is 5.92 Å². The first-order chi connectivity index (χ1) is 10.2. The molecule has 1 saturated carbocycles. The molecule has 1 fully saturated rings. The van der Waals surface area contributed by atoms with Gasteiger partial charge in [-0.05, 0) is 49.3 Å². The molecule has 0 aliphatic heterocycles. The fourth-order valence-corrected chi connectivity index (χ4v) is 3.31. The zero-order chi connectivity index (χ0) is 15.1. The highest BCUT2D eigenvalue weighted by Gasteiger charge is 2.21. The van der Waals surface area contributed by atoms with E-state index in [-0.39, 0.29) is 0 Å². The summed E-state index contributed by atoms with van der Waals surface area (Å²) in [6.07, 6.45) is 7.37. The summed E-state index contributed by atoms with van der Waals surface area (Å²) in [6, 6.07) is 8.25. The second-order valence-corrected chi connectivity index (χ2v) is 6.21. The quantitative estimate of drug-likeness (QED) is 0.805. The van der Waals surface area contributed by atoms with Crippen molar-refractivity contribution in [2.45, 2.75) is 57.6 Å². The molecule has 118 valence electrons. The number of rotatable bonds is 7. The fourth-order valence-electron chi connectivity index (χ4n) is 3.31. The summed E-state index contributed by atoms with van der Waals surface area (Å²) in [5, 5.41) is 13.8. The van der Waals surface area contributed by atoms with Gasteiger partial charge in [-0.25, -0.2) is 0 Å². The summed E-state index contributed by atoms with van der Waals surface area (Å²) in [5.74, 6) is 1.72. The number of aliphatic hydroxyl groups excluding tert-OH is 1. The number of ether oxygens (including phenoxy) is 1. The van der Waals surface area contributed by atoms with Gasteiger partial charge in [0.25, 0.3) is 0 Å². The molecule has 3 nitrogen and oxygen atoms in total. The summed E-state index contributed by atoms with van der Waals surface area (Å²) in [4.78, 5) is 0. The number of hydrogen-bond acceptors (Lipinski definition) is 3. The van der Waals surface area contributed by atoms with Crippen LogP contribution in [0.15, 0.2) is 24.3 Å². The minimum Gasteiger partial charge on any atom is -0.497 e. The van der Waals surface area contributed by atoms with Crippen molar-refractivity contribution in [3.8, 4) is 5.75 Å². The average molecular weight is 291 g/mol. The molecule has 2 rings (SSSR count). The molecule has 1 atom stereocenters. The molecule has 1 unspecified atom stereocenters. The lowest BCUT2D eigenvalue weighted by molar-refractivity contribution is 0.161. The van der Waals surface area contributed by atoms with E-state index in [1.807, 2.05) is 24.3 Å². The van der Waals surface area contributed by atoms with E-state index in [9.17, 15) is 5.11 Å². The summed E-state index contributed by atoms with van der Waals surface area (Å²) in [6.45, 7) is 2.89. The monoisotopic (exact) mass is 291 g/mol. The van der Waals surface area contributed by atoms with Gasteiger partial charge in [0.1, 0.15) is 5.75 Å². The first-order valence-corrected chi connectivity index (χ1v) is 8.28.